The van der Waals surface area contributed by atoms with Gasteiger partial charge in [0.25, 0.3) is 0 Å². The molecule has 0 aliphatic heterocycles. The Hall–Kier alpha value is -1.91. The summed E-state index contributed by atoms with van der Waals surface area (Å²) in [5, 5.41) is 9.92. The third-order valence-electron chi connectivity index (χ3n) is 1.79. The van der Waals surface area contributed by atoms with Crippen molar-refractivity contribution >= 4 is 5.69 Å². The van der Waals surface area contributed by atoms with Crippen molar-refractivity contribution in [2.24, 2.45) is 0 Å². The monoisotopic (exact) mass is 254 g/mol. The molecule has 0 unspecified atom stereocenters. The fraction of sp³-hybridized carbons (Fsp3) is 0.222. The minimum Gasteiger partial charge on any atom is -0.293 e. The lowest BCUT2D eigenvalue weighted by atomic mass is 10.1. The molecule has 2 nitrogen and oxygen atoms in total. The van der Waals surface area contributed by atoms with E-state index in [-0.39, 0.29) is 6.07 Å². The fourth-order valence-electron chi connectivity index (χ4n) is 1.09. The second-order valence-electron chi connectivity index (χ2n) is 3.03. The maximum Gasteiger partial charge on any atom is 0.416 e. The molecule has 0 saturated heterocycles. The van der Waals surface area contributed by atoms with E-state index in [0.29, 0.717) is 12.1 Å². The van der Waals surface area contributed by atoms with E-state index in [9.17, 15) is 26.3 Å². The summed E-state index contributed by atoms with van der Waals surface area (Å²) in [6.07, 6.45) is -8.56. The van der Waals surface area contributed by atoms with E-state index in [1.807, 2.05) is 0 Å². The normalized spacial score (nSPS) is 12.1. The molecule has 92 valence electrons. The highest BCUT2D eigenvalue weighted by Crippen LogP contribution is 2.37. The lowest BCUT2D eigenvalue weighted by Crippen LogP contribution is -2.11. The van der Waals surface area contributed by atoms with Crippen LogP contribution in [0.5, 0.6) is 0 Å². The highest BCUT2D eigenvalue weighted by Gasteiger charge is 2.36. The SMILES string of the molecule is N#CNc1cc(C(F)(F)F)cc(C(F)(F)F)c1. The van der Waals surface area contributed by atoms with Gasteiger partial charge in [0, 0.05) is 5.69 Å². The molecular formula is C9H4F6N2. The second kappa shape index (κ2) is 4.16. The predicted octanol–water partition coefficient (Wildman–Crippen LogP) is 3.62. The summed E-state index contributed by atoms with van der Waals surface area (Å²) >= 11 is 0. The Kier molecular flexibility index (Phi) is 3.22. The van der Waals surface area contributed by atoms with Gasteiger partial charge in [0.05, 0.1) is 11.1 Å². The molecule has 1 aromatic rings. The molecule has 0 aliphatic rings. The van der Waals surface area contributed by atoms with E-state index < -0.39 is 29.2 Å². The highest BCUT2D eigenvalue weighted by atomic mass is 19.4. The van der Waals surface area contributed by atoms with Gasteiger partial charge < -0.3 is 0 Å². The molecule has 0 radical (unpaired) electrons. The van der Waals surface area contributed by atoms with Crippen LogP contribution in [0.3, 0.4) is 0 Å². The van der Waals surface area contributed by atoms with Crippen LogP contribution in [0, 0.1) is 11.5 Å². The summed E-state index contributed by atoms with van der Waals surface area (Å²) in [5.41, 5.74) is -3.50. The second-order valence-corrected chi connectivity index (χ2v) is 3.03. The first-order chi connectivity index (χ1) is 7.64. The highest BCUT2D eigenvalue weighted by molar-refractivity contribution is 5.52. The Balaban J connectivity index is 3.35. The summed E-state index contributed by atoms with van der Waals surface area (Å²) in [6.45, 7) is 0. The summed E-state index contributed by atoms with van der Waals surface area (Å²) in [6, 6.07) is 0.847. The molecule has 0 atom stereocenters. The van der Waals surface area contributed by atoms with E-state index in [1.54, 1.807) is 5.32 Å². The zero-order chi connectivity index (χ0) is 13.3. The van der Waals surface area contributed by atoms with Crippen LogP contribution < -0.4 is 5.32 Å². The van der Waals surface area contributed by atoms with Crippen LogP contribution in [0.2, 0.25) is 0 Å². The average Bonchev–Trinajstić information content (AvgIpc) is 2.15. The smallest absolute Gasteiger partial charge is 0.293 e. The molecule has 0 amide bonds. The molecule has 0 aromatic heterocycles. The molecule has 1 N–H and O–H groups in total. The molecule has 0 aliphatic carbocycles. The van der Waals surface area contributed by atoms with Crippen molar-refractivity contribution in [3.05, 3.63) is 29.3 Å². The van der Waals surface area contributed by atoms with Crippen molar-refractivity contribution in [3.8, 4) is 6.19 Å². The minimum atomic E-state index is -4.91. The first kappa shape index (κ1) is 13.2. The van der Waals surface area contributed by atoms with Crippen molar-refractivity contribution in [1.82, 2.24) is 0 Å². The van der Waals surface area contributed by atoms with Gasteiger partial charge in [0.15, 0.2) is 6.19 Å². The van der Waals surface area contributed by atoms with Crippen LogP contribution in [0.15, 0.2) is 18.2 Å². The number of hydrogen-bond donors (Lipinski definition) is 1. The molecule has 0 heterocycles. The topological polar surface area (TPSA) is 35.8 Å². The largest absolute Gasteiger partial charge is 0.416 e. The Morgan fingerprint density at radius 2 is 1.29 bits per heavy atom. The van der Waals surface area contributed by atoms with Gasteiger partial charge in [-0.15, -0.1) is 0 Å². The quantitative estimate of drug-likeness (QED) is 0.472. The summed E-state index contributed by atoms with van der Waals surface area (Å²) in [4.78, 5) is 0. The van der Waals surface area contributed by atoms with E-state index in [4.69, 9.17) is 5.26 Å². The number of halogens is 6. The lowest BCUT2D eigenvalue weighted by Gasteiger charge is -2.13. The van der Waals surface area contributed by atoms with Crippen LogP contribution in [0.1, 0.15) is 11.1 Å². The van der Waals surface area contributed by atoms with Gasteiger partial charge in [-0.3, -0.25) is 5.32 Å². The number of alkyl halides is 6. The maximum atomic E-state index is 12.3. The Bertz CT molecular complexity index is 422. The summed E-state index contributed by atoms with van der Waals surface area (Å²) < 4.78 is 73.8. The number of nitriles is 1. The summed E-state index contributed by atoms with van der Waals surface area (Å²) in [7, 11) is 0. The molecule has 1 rings (SSSR count). The van der Waals surface area contributed by atoms with Gasteiger partial charge in [-0.05, 0) is 18.2 Å². The predicted molar refractivity (Wildman–Crippen MR) is 45.7 cm³/mol. The van der Waals surface area contributed by atoms with Gasteiger partial charge in [0.2, 0.25) is 0 Å². The molecule has 8 heteroatoms. The van der Waals surface area contributed by atoms with Gasteiger partial charge in [-0.25, -0.2) is 0 Å². The van der Waals surface area contributed by atoms with E-state index in [1.165, 1.54) is 6.19 Å². The molecular weight excluding hydrogens is 250 g/mol. The Labute approximate surface area is 91.5 Å². The van der Waals surface area contributed by atoms with Crippen molar-refractivity contribution in [3.63, 3.8) is 0 Å². The van der Waals surface area contributed by atoms with E-state index in [0.717, 1.165) is 0 Å². The number of benzene rings is 1. The molecule has 0 spiro atoms. The van der Waals surface area contributed by atoms with Crippen LogP contribution in [0.4, 0.5) is 32.0 Å². The summed E-state index contributed by atoms with van der Waals surface area (Å²) in [5.74, 6) is 0. The van der Waals surface area contributed by atoms with Gasteiger partial charge in [0.1, 0.15) is 0 Å². The van der Waals surface area contributed by atoms with Gasteiger partial charge >= 0.3 is 12.4 Å². The van der Waals surface area contributed by atoms with Gasteiger partial charge in [-0.1, -0.05) is 0 Å². The maximum absolute atomic E-state index is 12.3. The lowest BCUT2D eigenvalue weighted by molar-refractivity contribution is -0.143. The number of nitrogens with one attached hydrogen (secondary N) is 1. The third-order valence-corrected chi connectivity index (χ3v) is 1.79. The van der Waals surface area contributed by atoms with Crippen molar-refractivity contribution in [2.45, 2.75) is 12.4 Å². The molecule has 1 aromatic carbocycles. The van der Waals surface area contributed by atoms with Crippen LogP contribution >= 0.6 is 0 Å². The first-order valence-electron chi connectivity index (χ1n) is 4.09. The Morgan fingerprint density at radius 3 is 1.59 bits per heavy atom. The van der Waals surface area contributed by atoms with Gasteiger partial charge in [-0.2, -0.15) is 31.6 Å². The average molecular weight is 254 g/mol. The van der Waals surface area contributed by atoms with Crippen LogP contribution in [0.25, 0.3) is 0 Å². The van der Waals surface area contributed by atoms with E-state index in [2.05, 4.69) is 0 Å². The third kappa shape index (κ3) is 3.27. The van der Waals surface area contributed by atoms with Crippen LogP contribution in [-0.4, -0.2) is 0 Å². The zero-order valence-electron chi connectivity index (χ0n) is 7.95. The number of anilines is 1. The number of rotatable bonds is 1. The van der Waals surface area contributed by atoms with E-state index >= 15 is 0 Å². The molecule has 0 bridgehead atoms. The van der Waals surface area contributed by atoms with Crippen molar-refractivity contribution in [2.75, 3.05) is 5.32 Å². The first-order valence-corrected chi connectivity index (χ1v) is 4.09. The minimum absolute atomic E-state index is 0.0114. The fourth-order valence-corrected chi connectivity index (χ4v) is 1.09. The molecule has 0 saturated carbocycles. The van der Waals surface area contributed by atoms with Crippen molar-refractivity contribution in [1.29, 1.82) is 5.26 Å². The number of nitrogens with zero attached hydrogens (tertiary/aromatic N) is 1. The molecule has 17 heavy (non-hydrogen) atoms. The standard InChI is InChI=1S/C9H4F6N2/c10-8(11,12)5-1-6(9(13,14)15)3-7(2-5)17-4-16/h1-3,17H. The number of hydrogen-bond acceptors (Lipinski definition) is 2. The van der Waals surface area contributed by atoms with Crippen molar-refractivity contribution < 1.29 is 26.3 Å². The Morgan fingerprint density at radius 1 is 0.882 bits per heavy atom. The van der Waals surface area contributed by atoms with Crippen LogP contribution in [-0.2, 0) is 12.4 Å². The zero-order valence-corrected chi connectivity index (χ0v) is 7.95. The molecule has 0 fully saturated rings.